The number of rotatable bonds is 9. The summed E-state index contributed by atoms with van der Waals surface area (Å²) in [4.78, 5) is 24.0. The summed E-state index contributed by atoms with van der Waals surface area (Å²) in [5.41, 5.74) is -0.445. The van der Waals surface area contributed by atoms with Gasteiger partial charge in [0.25, 0.3) is 5.91 Å². The largest absolute Gasteiger partial charge is 0.493 e. The molecule has 1 rings (SSSR count). The zero-order chi connectivity index (χ0) is 20.6. The van der Waals surface area contributed by atoms with Gasteiger partial charge < -0.3 is 24.3 Å². The van der Waals surface area contributed by atoms with Crippen molar-refractivity contribution in [3.63, 3.8) is 0 Å². The number of hydrogen-bond donors (Lipinski definition) is 1. The molecule has 0 fully saturated rings. The number of hydrogen-bond acceptors (Lipinski definition) is 7. The molecule has 0 bridgehead atoms. The normalized spacial score (nSPS) is 12.5. The molecule has 0 aliphatic heterocycles. The van der Waals surface area contributed by atoms with E-state index in [2.05, 4.69) is 11.4 Å². The van der Waals surface area contributed by atoms with Gasteiger partial charge in [0.05, 0.1) is 33.8 Å². The Morgan fingerprint density at radius 2 is 1.70 bits per heavy atom. The van der Waals surface area contributed by atoms with Gasteiger partial charge >= 0.3 is 5.97 Å². The van der Waals surface area contributed by atoms with Crippen molar-refractivity contribution in [2.45, 2.75) is 32.7 Å². The molecule has 0 aromatic heterocycles. The Balaban J connectivity index is 2.73. The number of ether oxygens (including phenoxy) is 4. The number of benzene rings is 1. The van der Waals surface area contributed by atoms with Gasteiger partial charge in [-0.25, -0.2) is 0 Å². The second kappa shape index (κ2) is 9.67. The van der Waals surface area contributed by atoms with E-state index in [1.807, 2.05) is 13.8 Å². The molecule has 148 valence electrons. The number of nitriles is 1. The lowest BCUT2D eigenvalue weighted by Crippen LogP contribution is -2.50. The third-order valence-corrected chi connectivity index (χ3v) is 4.22. The minimum Gasteiger partial charge on any atom is -0.493 e. The number of amides is 1. The summed E-state index contributed by atoms with van der Waals surface area (Å²) in [6.07, 6.45) is -0.0797. The van der Waals surface area contributed by atoms with Gasteiger partial charge in [0.15, 0.2) is 18.1 Å². The summed E-state index contributed by atoms with van der Waals surface area (Å²) < 4.78 is 20.7. The average molecular weight is 378 g/mol. The van der Waals surface area contributed by atoms with Crippen molar-refractivity contribution in [2.24, 2.45) is 5.92 Å². The zero-order valence-electron chi connectivity index (χ0n) is 16.5. The number of methoxy groups -OCH3 is 3. The number of nitrogens with one attached hydrogen (secondary N) is 1. The van der Waals surface area contributed by atoms with Crippen LogP contribution in [0.3, 0.4) is 0 Å². The van der Waals surface area contributed by atoms with E-state index in [1.165, 1.54) is 21.3 Å². The highest BCUT2D eigenvalue weighted by Gasteiger charge is 2.30. The lowest BCUT2D eigenvalue weighted by Gasteiger charge is -2.27. The Morgan fingerprint density at radius 3 is 2.11 bits per heavy atom. The van der Waals surface area contributed by atoms with Crippen LogP contribution in [-0.4, -0.2) is 45.4 Å². The smallest absolute Gasteiger partial charge is 0.310 e. The molecule has 0 spiro atoms. The van der Waals surface area contributed by atoms with E-state index in [1.54, 1.807) is 19.1 Å². The molecule has 0 saturated heterocycles. The minimum atomic E-state index is -1.03. The highest BCUT2D eigenvalue weighted by Crippen LogP contribution is 2.38. The van der Waals surface area contributed by atoms with Crippen LogP contribution >= 0.6 is 0 Å². The predicted molar refractivity (Wildman–Crippen MR) is 97.8 cm³/mol. The van der Waals surface area contributed by atoms with Crippen molar-refractivity contribution in [3.8, 4) is 23.3 Å². The van der Waals surface area contributed by atoms with E-state index in [4.69, 9.17) is 18.9 Å². The van der Waals surface area contributed by atoms with Crippen molar-refractivity contribution in [3.05, 3.63) is 17.7 Å². The van der Waals surface area contributed by atoms with Crippen LogP contribution in [0.5, 0.6) is 17.2 Å². The van der Waals surface area contributed by atoms with Gasteiger partial charge in [-0.2, -0.15) is 5.26 Å². The molecule has 1 N–H and O–H groups in total. The predicted octanol–water partition coefficient (Wildman–Crippen LogP) is 1.85. The van der Waals surface area contributed by atoms with E-state index < -0.39 is 24.0 Å². The van der Waals surface area contributed by atoms with E-state index in [0.717, 1.165) is 0 Å². The van der Waals surface area contributed by atoms with Crippen molar-refractivity contribution >= 4 is 11.9 Å². The van der Waals surface area contributed by atoms with E-state index in [-0.39, 0.29) is 12.3 Å². The quantitative estimate of drug-likeness (QED) is 0.654. The Hall–Kier alpha value is -2.95. The molecule has 27 heavy (non-hydrogen) atoms. The Morgan fingerprint density at radius 1 is 1.15 bits per heavy atom. The van der Waals surface area contributed by atoms with Gasteiger partial charge in [0.2, 0.25) is 5.75 Å². The molecule has 8 heteroatoms. The van der Waals surface area contributed by atoms with Crippen LogP contribution in [-0.2, 0) is 20.7 Å². The van der Waals surface area contributed by atoms with Crippen molar-refractivity contribution in [2.75, 3.05) is 27.9 Å². The topological polar surface area (TPSA) is 107 Å². The Bertz CT molecular complexity index is 700. The van der Waals surface area contributed by atoms with Gasteiger partial charge in [-0.1, -0.05) is 13.8 Å². The molecular formula is C19H26N2O6. The summed E-state index contributed by atoms with van der Waals surface area (Å²) in [5, 5.41) is 11.8. The molecule has 0 heterocycles. The fraction of sp³-hybridized carbons (Fsp3) is 0.526. The second-order valence-corrected chi connectivity index (χ2v) is 6.39. The molecule has 1 aromatic carbocycles. The van der Waals surface area contributed by atoms with E-state index in [9.17, 15) is 14.9 Å². The first-order valence-electron chi connectivity index (χ1n) is 8.37. The number of carbonyl (C=O) groups excluding carboxylic acids is 2. The molecular weight excluding hydrogens is 352 g/mol. The lowest BCUT2D eigenvalue weighted by molar-refractivity contribution is -0.148. The summed E-state index contributed by atoms with van der Waals surface area (Å²) >= 11 is 0. The van der Waals surface area contributed by atoms with Crippen LogP contribution < -0.4 is 19.5 Å². The van der Waals surface area contributed by atoms with Crippen LogP contribution in [0.15, 0.2) is 12.1 Å². The fourth-order valence-corrected chi connectivity index (χ4v) is 2.23. The van der Waals surface area contributed by atoms with E-state index >= 15 is 0 Å². The molecule has 1 amide bonds. The standard InChI is InChI=1S/C19H26N2O6/c1-12(2)19(3,11-20)21-16(22)10-27-17(23)9-13-7-14(24-4)18(26-6)15(8-13)25-5/h7-8,12H,9-10H2,1-6H3,(H,21,22)/t19-/m1/s1. The number of esters is 1. The van der Waals surface area contributed by atoms with Crippen LogP contribution in [0.1, 0.15) is 26.3 Å². The maximum absolute atomic E-state index is 12.1. The third kappa shape index (κ3) is 5.78. The van der Waals surface area contributed by atoms with Gasteiger partial charge in [0, 0.05) is 0 Å². The monoisotopic (exact) mass is 378 g/mol. The molecule has 0 aliphatic carbocycles. The highest BCUT2D eigenvalue weighted by molar-refractivity contribution is 5.82. The third-order valence-electron chi connectivity index (χ3n) is 4.22. The molecule has 0 radical (unpaired) electrons. The molecule has 1 aromatic rings. The first kappa shape index (κ1) is 22.1. The molecule has 8 nitrogen and oxygen atoms in total. The maximum Gasteiger partial charge on any atom is 0.310 e. The van der Waals surface area contributed by atoms with Gasteiger partial charge in [0.1, 0.15) is 5.54 Å². The van der Waals surface area contributed by atoms with Crippen LogP contribution in [0.4, 0.5) is 0 Å². The van der Waals surface area contributed by atoms with E-state index in [0.29, 0.717) is 22.8 Å². The van der Waals surface area contributed by atoms with Crippen molar-refractivity contribution in [1.82, 2.24) is 5.32 Å². The summed E-state index contributed by atoms with van der Waals surface area (Å²) in [7, 11) is 4.44. The second-order valence-electron chi connectivity index (χ2n) is 6.39. The minimum absolute atomic E-state index is 0.0797. The number of nitrogens with zero attached hydrogens (tertiary/aromatic N) is 1. The number of carbonyl (C=O) groups is 2. The van der Waals surface area contributed by atoms with Gasteiger partial charge in [-0.05, 0) is 30.5 Å². The summed E-state index contributed by atoms with van der Waals surface area (Å²) in [5.74, 6) is 0.0224. The lowest BCUT2D eigenvalue weighted by atomic mass is 9.90. The van der Waals surface area contributed by atoms with Gasteiger partial charge in [-0.3, -0.25) is 9.59 Å². The molecule has 0 saturated carbocycles. The molecule has 0 unspecified atom stereocenters. The fourth-order valence-electron chi connectivity index (χ4n) is 2.23. The molecule has 1 atom stereocenters. The summed E-state index contributed by atoms with van der Waals surface area (Å²) in [6, 6.07) is 5.33. The highest BCUT2D eigenvalue weighted by atomic mass is 16.5. The maximum atomic E-state index is 12.1. The average Bonchev–Trinajstić information content (AvgIpc) is 2.65. The van der Waals surface area contributed by atoms with Crippen molar-refractivity contribution in [1.29, 1.82) is 5.26 Å². The Kier molecular flexibility index (Phi) is 7.91. The first-order valence-corrected chi connectivity index (χ1v) is 8.37. The summed E-state index contributed by atoms with van der Waals surface area (Å²) in [6.45, 7) is 4.79. The van der Waals surface area contributed by atoms with Crippen LogP contribution in [0, 0.1) is 17.2 Å². The van der Waals surface area contributed by atoms with Gasteiger partial charge in [-0.15, -0.1) is 0 Å². The Labute approximate surface area is 159 Å². The van der Waals surface area contributed by atoms with Crippen LogP contribution in [0.25, 0.3) is 0 Å². The van der Waals surface area contributed by atoms with Crippen molar-refractivity contribution < 1.29 is 28.5 Å². The molecule has 0 aliphatic rings. The van der Waals surface area contributed by atoms with Crippen LogP contribution in [0.2, 0.25) is 0 Å². The SMILES string of the molecule is COc1cc(CC(=O)OCC(=O)N[C@](C)(C#N)C(C)C)cc(OC)c1OC. The zero-order valence-corrected chi connectivity index (χ0v) is 16.5. The first-order chi connectivity index (χ1) is 12.7.